The van der Waals surface area contributed by atoms with Gasteiger partial charge in [0.05, 0.1) is 11.3 Å². The maximum atomic E-state index is 11.9. The summed E-state index contributed by atoms with van der Waals surface area (Å²) in [6.07, 6.45) is 0.994. The van der Waals surface area contributed by atoms with Crippen molar-refractivity contribution in [2.75, 3.05) is 12.3 Å². The van der Waals surface area contributed by atoms with Gasteiger partial charge in [-0.1, -0.05) is 42.5 Å². The second kappa shape index (κ2) is 7.89. The normalized spacial score (nSPS) is 11.3. The summed E-state index contributed by atoms with van der Waals surface area (Å²) in [6, 6.07) is 15.9. The summed E-state index contributed by atoms with van der Waals surface area (Å²) in [5.74, 6) is -0.923. The minimum atomic E-state index is -3.32. The third-order valence-corrected chi connectivity index (χ3v) is 4.82. The van der Waals surface area contributed by atoms with E-state index in [0.29, 0.717) is 19.4 Å². The smallest absolute Gasteiger partial charge is 0.335 e. The molecule has 2 aromatic carbocycles. The quantitative estimate of drug-likeness (QED) is 0.775. The van der Waals surface area contributed by atoms with Crippen molar-refractivity contribution in [1.82, 2.24) is 4.72 Å². The van der Waals surface area contributed by atoms with E-state index in [-0.39, 0.29) is 11.3 Å². The molecule has 2 N–H and O–H groups in total. The molecule has 0 aromatic heterocycles. The van der Waals surface area contributed by atoms with Gasteiger partial charge in [0, 0.05) is 6.54 Å². The molecule has 5 nitrogen and oxygen atoms in total. The number of aromatic carboxylic acids is 1. The molecular formula is C17H19NO4S. The zero-order valence-electron chi connectivity index (χ0n) is 12.6. The molecule has 0 amide bonds. The molecule has 0 spiro atoms. The Morgan fingerprint density at radius 1 is 0.913 bits per heavy atom. The molecule has 0 unspecified atom stereocenters. The van der Waals surface area contributed by atoms with Crippen molar-refractivity contribution in [2.45, 2.75) is 12.8 Å². The summed E-state index contributed by atoms with van der Waals surface area (Å²) in [5, 5.41) is 8.82. The van der Waals surface area contributed by atoms with Crippen LogP contribution in [0.2, 0.25) is 0 Å². The highest BCUT2D eigenvalue weighted by atomic mass is 32.2. The second-order valence-electron chi connectivity index (χ2n) is 5.20. The van der Waals surface area contributed by atoms with Crippen molar-refractivity contribution >= 4 is 16.0 Å². The standard InChI is InChI=1S/C17H19NO4S/c19-17(20)16-8-6-15(7-9-16)10-12-18-23(21,22)13-11-14-4-2-1-3-5-14/h1-9,18H,10-13H2,(H,19,20). The monoisotopic (exact) mass is 333 g/mol. The summed E-state index contributed by atoms with van der Waals surface area (Å²) < 4.78 is 26.5. The lowest BCUT2D eigenvalue weighted by Gasteiger charge is -2.07. The molecule has 0 saturated heterocycles. The second-order valence-corrected chi connectivity index (χ2v) is 7.13. The van der Waals surface area contributed by atoms with E-state index in [0.717, 1.165) is 11.1 Å². The Hall–Kier alpha value is -2.18. The molecule has 0 atom stereocenters. The van der Waals surface area contributed by atoms with Crippen LogP contribution in [0.3, 0.4) is 0 Å². The molecule has 2 aromatic rings. The number of rotatable bonds is 8. The fourth-order valence-corrected chi connectivity index (χ4v) is 3.20. The summed E-state index contributed by atoms with van der Waals surface area (Å²) >= 11 is 0. The Bertz CT molecular complexity index is 740. The highest BCUT2D eigenvalue weighted by Gasteiger charge is 2.10. The van der Waals surface area contributed by atoms with Crippen LogP contribution >= 0.6 is 0 Å². The Morgan fingerprint density at radius 3 is 2.13 bits per heavy atom. The van der Waals surface area contributed by atoms with Crippen molar-refractivity contribution in [1.29, 1.82) is 0 Å². The van der Waals surface area contributed by atoms with Crippen LogP contribution < -0.4 is 4.72 Å². The molecule has 0 aliphatic rings. The highest BCUT2D eigenvalue weighted by molar-refractivity contribution is 7.89. The van der Waals surface area contributed by atoms with Crippen LogP contribution in [-0.4, -0.2) is 31.8 Å². The van der Waals surface area contributed by atoms with Gasteiger partial charge in [-0.25, -0.2) is 17.9 Å². The minimum absolute atomic E-state index is 0.0506. The minimum Gasteiger partial charge on any atom is -0.478 e. The number of carboxylic acid groups (broad SMARTS) is 1. The lowest BCUT2D eigenvalue weighted by molar-refractivity contribution is 0.0697. The predicted molar refractivity (Wildman–Crippen MR) is 89.0 cm³/mol. The van der Waals surface area contributed by atoms with Gasteiger partial charge < -0.3 is 5.11 Å². The summed E-state index contributed by atoms with van der Waals surface area (Å²) in [7, 11) is -3.32. The molecule has 122 valence electrons. The van der Waals surface area contributed by atoms with Gasteiger partial charge in [0.1, 0.15) is 0 Å². The average Bonchev–Trinajstić information content (AvgIpc) is 2.54. The van der Waals surface area contributed by atoms with Crippen LogP contribution in [0.1, 0.15) is 21.5 Å². The van der Waals surface area contributed by atoms with Crippen LogP contribution in [-0.2, 0) is 22.9 Å². The van der Waals surface area contributed by atoms with Gasteiger partial charge >= 0.3 is 5.97 Å². The van der Waals surface area contributed by atoms with Crippen molar-refractivity contribution in [3.8, 4) is 0 Å². The molecule has 0 fully saturated rings. The predicted octanol–water partition coefficient (Wildman–Crippen LogP) is 2.09. The van der Waals surface area contributed by atoms with Crippen molar-refractivity contribution < 1.29 is 18.3 Å². The van der Waals surface area contributed by atoms with E-state index in [2.05, 4.69) is 4.72 Å². The van der Waals surface area contributed by atoms with E-state index < -0.39 is 16.0 Å². The van der Waals surface area contributed by atoms with Crippen LogP contribution in [0.15, 0.2) is 54.6 Å². The molecule has 0 radical (unpaired) electrons. The molecule has 0 saturated carbocycles. The van der Waals surface area contributed by atoms with Gasteiger partial charge in [0.15, 0.2) is 0 Å². The first-order chi connectivity index (χ1) is 11.0. The third-order valence-electron chi connectivity index (χ3n) is 3.44. The fraction of sp³-hybridized carbons (Fsp3) is 0.235. The van der Waals surface area contributed by atoms with E-state index in [1.54, 1.807) is 12.1 Å². The van der Waals surface area contributed by atoms with Gasteiger partial charge in [-0.3, -0.25) is 0 Å². The van der Waals surface area contributed by atoms with Gasteiger partial charge in [-0.15, -0.1) is 0 Å². The lowest BCUT2D eigenvalue weighted by Crippen LogP contribution is -2.29. The first kappa shape index (κ1) is 17.2. The van der Waals surface area contributed by atoms with E-state index >= 15 is 0 Å². The largest absolute Gasteiger partial charge is 0.478 e. The van der Waals surface area contributed by atoms with Gasteiger partial charge in [-0.2, -0.15) is 0 Å². The van der Waals surface area contributed by atoms with Crippen LogP contribution in [0, 0.1) is 0 Å². The maximum Gasteiger partial charge on any atom is 0.335 e. The van der Waals surface area contributed by atoms with Crippen LogP contribution in [0.4, 0.5) is 0 Å². The molecule has 0 aliphatic heterocycles. The van der Waals surface area contributed by atoms with Crippen molar-refractivity contribution in [3.05, 3.63) is 71.3 Å². The Kier molecular flexibility index (Phi) is 5.90. The molecule has 23 heavy (non-hydrogen) atoms. The number of hydrogen-bond acceptors (Lipinski definition) is 3. The third kappa shape index (κ3) is 5.84. The number of carbonyl (C=O) groups is 1. The topological polar surface area (TPSA) is 83.5 Å². The summed E-state index contributed by atoms with van der Waals surface area (Å²) in [5.41, 5.74) is 2.10. The highest BCUT2D eigenvalue weighted by Crippen LogP contribution is 2.05. The lowest BCUT2D eigenvalue weighted by atomic mass is 10.1. The zero-order valence-corrected chi connectivity index (χ0v) is 13.4. The Morgan fingerprint density at radius 2 is 1.52 bits per heavy atom. The number of benzene rings is 2. The molecular weight excluding hydrogens is 314 g/mol. The first-order valence-corrected chi connectivity index (χ1v) is 8.95. The molecule has 2 rings (SSSR count). The van der Waals surface area contributed by atoms with Gasteiger partial charge in [-0.05, 0) is 36.1 Å². The van der Waals surface area contributed by atoms with E-state index in [1.165, 1.54) is 12.1 Å². The molecule has 0 heterocycles. The average molecular weight is 333 g/mol. The number of hydrogen-bond donors (Lipinski definition) is 2. The first-order valence-electron chi connectivity index (χ1n) is 7.30. The van der Waals surface area contributed by atoms with E-state index in [1.807, 2.05) is 30.3 Å². The van der Waals surface area contributed by atoms with Gasteiger partial charge in [0.25, 0.3) is 0 Å². The zero-order chi connectivity index (χ0) is 16.7. The summed E-state index contributed by atoms with van der Waals surface area (Å²) in [4.78, 5) is 10.8. The van der Waals surface area contributed by atoms with Crippen LogP contribution in [0.25, 0.3) is 0 Å². The van der Waals surface area contributed by atoms with E-state index in [4.69, 9.17) is 5.11 Å². The van der Waals surface area contributed by atoms with E-state index in [9.17, 15) is 13.2 Å². The number of nitrogens with one attached hydrogen (secondary N) is 1. The molecule has 6 heteroatoms. The Balaban J connectivity index is 1.79. The Labute approximate surface area is 136 Å². The number of sulfonamides is 1. The number of aryl methyl sites for hydroxylation is 1. The number of carboxylic acids is 1. The molecule has 0 aliphatic carbocycles. The van der Waals surface area contributed by atoms with Gasteiger partial charge in [0.2, 0.25) is 10.0 Å². The SMILES string of the molecule is O=C(O)c1ccc(CCNS(=O)(=O)CCc2ccccc2)cc1. The molecule has 0 bridgehead atoms. The summed E-state index contributed by atoms with van der Waals surface area (Å²) in [6.45, 7) is 0.295. The van der Waals surface area contributed by atoms with Crippen molar-refractivity contribution in [2.24, 2.45) is 0 Å². The van der Waals surface area contributed by atoms with Crippen molar-refractivity contribution in [3.63, 3.8) is 0 Å². The van der Waals surface area contributed by atoms with Crippen LogP contribution in [0.5, 0.6) is 0 Å². The maximum absolute atomic E-state index is 11.9. The fourth-order valence-electron chi connectivity index (χ4n) is 2.13.